The van der Waals surface area contributed by atoms with E-state index in [1.165, 1.54) is 6.08 Å². The van der Waals surface area contributed by atoms with Gasteiger partial charge in [-0.3, -0.25) is 9.59 Å². The maximum absolute atomic E-state index is 12.6. The molecule has 1 unspecified atom stereocenters. The minimum atomic E-state index is -0.613. The lowest BCUT2D eigenvalue weighted by atomic mass is 10.1. The number of nitrogens with two attached hydrogens (primary N) is 1. The summed E-state index contributed by atoms with van der Waals surface area (Å²) in [5.41, 5.74) is 9.23. The number of para-hydroxylation sites is 1. The van der Waals surface area contributed by atoms with Crippen molar-refractivity contribution in [1.29, 1.82) is 0 Å². The molecule has 1 aliphatic heterocycles. The Morgan fingerprint density at radius 2 is 2.19 bits per heavy atom. The molecule has 4 N–H and O–H groups in total. The third-order valence-electron chi connectivity index (χ3n) is 5.36. The molecule has 0 saturated heterocycles. The van der Waals surface area contributed by atoms with Crippen LogP contribution in [0, 0.1) is 6.92 Å². The average Bonchev–Trinajstić information content (AvgIpc) is 3.07. The van der Waals surface area contributed by atoms with Crippen LogP contribution in [0.3, 0.4) is 0 Å². The van der Waals surface area contributed by atoms with Crippen molar-refractivity contribution in [3.05, 3.63) is 65.1 Å². The number of hydrogen-bond donors (Lipinski definition) is 3. The summed E-state index contributed by atoms with van der Waals surface area (Å²) in [6, 6.07) is 9.11. The molecule has 0 saturated carbocycles. The van der Waals surface area contributed by atoms with E-state index in [1.54, 1.807) is 24.2 Å². The first kappa shape index (κ1) is 20.8. The standard InChI is InChI=1S/C23H25N5O3/c1-14-17-5-3-4-6-19(17)31-20(14)13-28(2)21(29)8-7-15-9-16-11-25-12-18(24)23(30)27-22(16)26-10-15/h3-10,18,25H,11-13,24H2,1-2H3,(H,26,27,30)/b8-7+. The zero-order valence-corrected chi connectivity index (χ0v) is 17.5. The van der Waals surface area contributed by atoms with E-state index in [0.717, 1.165) is 33.4 Å². The number of amides is 2. The molecule has 2 amide bonds. The van der Waals surface area contributed by atoms with Crippen molar-refractivity contribution in [2.75, 3.05) is 18.9 Å². The Morgan fingerprint density at radius 3 is 3.00 bits per heavy atom. The van der Waals surface area contributed by atoms with Crippen molar-refractivity contribution < 1.29 is 14.0 Å². The quantitative estimate of drug-likeness (QED) is 0.559. The van der Waals surface area contributed by atoms with Gasteiger partial charge in [-0.25, -0.2) is 4.98 Å². The molecule has 3 aromatic rings. The number of fused-ring (bicyclic) bond motifs is 2. The fraction of sp³-hybridized carbons (Fsp3) is 0.261. The molecule has 1 aliphatic rings. The van der Waals surface area contributed by atoms with E-state index in [-0.39, 0.29) is 11.8 Å². The van der Waals surface area contributed by atoms with E-state index in [1.807, 2.05) is 37.3 Å². The van der Waals surface area contributed by atoms with E-state index in [0.29, 0.717) is 25.5 Å². The topological polar surface area (TPSA) is 113 Å². The molecule has 0 fully saturated rings. The van der Waals surface area contributed by atoms with Crippen molar-refractivity contribution in [2.45, 2.75) is 26.1 Å². The largest absolute Gasteiger partial charge is 0.459 e. The van der Waals surface area contributed by atoms with Crippen molar-refractivity contribution in [1.82, 2.24) is 15.2 Å². The lowest BCUT2D eigenvalue weighted by Gasteiger charge is -2.19. The number of furan rings is 1. The van der Waals surface area contributed by atoms with Crippen LogP contribution in [0.1, 0.15) is 22.5 Å². The Labute approximate surface area is 180 Å². The fourth-order valence-corrected chi connectivity index (χ4v) is 3.50. The van der Waals surface area contributed by atoms with E-state index < -0.39 is 6.04 Å². The van der Waals surface area contributed by atoms with Gasteiger partial charge in [-0.15, -0.1) is 0 Å². The number of likely N-dealkylation sites (N-methyl/N-ethyl adjacent to an activating group) is 1. The van der Waals surface area contributed by atoms with Crippen LogP contribution >= 0.6 is 0 Å². The van der Waals surface area contributed by atoms with Crippen LogP contribution in [0.15, 0.2) is 47.0 Å². The number of nitrogens with one attached hydrogen (secondary N) is 2. The highest BCUT2D eigenvalue weighted by atomic mass is 16.3. The second kappa shape index (κ2) is 8.71. The van der Waals surface area contributed by atoms with Gasteiger partial charge in [0.1, 0.15) is 17.2 Å². The SMILES string of the molecule is Cc1c(CN(C)C(=O)/C=C/c2cnc3c(c2)CNCC(N)C(=O)N3)oc2ccccc12. The number of aromatic nitrogens is 1. The van der Waals surface area contributed by atoms with Gasteiger partial charge in [0.25, 0.3) is 0 Å². The van der Waals surface area contributed by atoms with Crippen LogP contribution in [0.5, 0.6) is 0 Å². The summed E-state index contributed by atoms with van der Waals surface area (Å²) >= 11 is 0. The van der Waals surface area contributed by atoms with E-state index in [4.69, 9.17) is 10.2 Å². The lowest BCUT2D eigenvalue weighted by molar-refractivity contribution is -0.125. The minimum Gasteiger partial charge on any atom is -0.459 e. The van der Waals surface area contributed by atoms with Gasteiger partial charge in [0.15, 0.2) is 0 Å². The Hall–Kier alpha value is -3.49. The van der Waals surface area contributed by atoms with E-state index in [2.05, 4.69) is 15.6 Å². The summed E-state index contributed by atoms with van der Waals surface area (Å²) in [6.07, 6.45) is 4.83. The molecule has 1 aromatic carbocycles. The molecule has 0 bridgehead atoms. The van der Waals surface area contributed by atoms with Gasteiger partial charge in [0, 0.05) is 48.9 Å². The van der Waals surface area contributed by atoms with Gasteiger partial charge >= 0.3 is 0 Å². The van der Waals surface area contributed by atoms with E-state index in [9.17, 15) is 9.59 Å². The summed E-state index contributed by atoms with van der Waals surface area (Å²) in [5.74, 6) is 0.827. The van der Waals surface area contributed by atoms with Crippen LogP contribution in [0.2, 0.25) is 0 Å². The molecule has 8 nitrogen and oxygen atoms in total. The Bertz CT molecular complexity index is 1170. The average molecular weight is 419 g/mol. The summed E-state index contributed by atoms with van der Waals surface area (Å²) in [7, 11) is 1.74. The highest BCUT2D eigenvalue weighted by Gasteiger charge is 2.19. The minimum absolute atomic E-state index is 0.149. The van der Waals surface area contributed by atoms with Crippen molar-refractivity contribution in [2.24, 2.45) is 5.73 Å². The van der Waals surface area contributed by atoms with Gasteiger partial charge in [-0.2, -0.15) is 0 Å². The highest BCUT2D eigenvalue weighted by Crippen LogP contribution is 2.25. The normalized spacial score (nSPS) is 16.6. The molecule has 0 aliphatic carbocycles. The highest BCUT2D eigenvalue weighted by molar-refractivity contribution is 5.95. The molecule has 0 spiro atoms. The molecule has 31 heavy (non-hydrogen) atoms. The van der Waals surface area contributed by atoms with Gasteiger partial charge in [-0.05, 0) is 30.7 Å². The van der Waals surface area contributed by atoms with E-state index >= 15 is 0 Å². The fourth-order valence-electron chi connectivity index (χ4n) is 3.50. The molecule has 160 valence electrons. The number of carbonyl (C=O) groups excluding carboxylic acids is 2. The van der Waals surface area contributed by atoms with Crippen LogP contribution in [-0.4, -0.2) is 41.3 Å². The number of aryl methyl sites for hydroxylation is 1. The maximum atomic E-state index is 12.6. The summed E-state index contributed by atoms with van der Waals surface area (Å²) in [6.45, 7) is 3.29. The first-order valence-corrected chi connectivity index (χ1v) is 10.1. The van der Waals surface area contributed by atoms with Crippen LogP contribution in [-0.2, 0) is 22.7 Å². The first-order valence-electron chi connectivity index (χ1n) is 10.1. The summed E-state index contributed by atoms with van der Waals surface area (Å²) in [5, 5.41) is 6.94. The Morgan fingerprint density at radius 1 is 1.39 bits per heavy atom. The zero-order valence-electron chi connectivity index (χ0n) is 17.5. The molecule has 8 heteroatoms. The number of pyridine rings is 1. The Balaban J connectivity index is 1.45. The number of carbonyl (C=O) groups is 2. The molecule has 3 heterocycles. The van der Waals surface area contributed by atoms with Gasteiger partial charge < -0.3 is 25.7 Å². The number of nitrogens with zero attached hydrogens (tertiary/aromatic N) is 2. The molecule has 4 rings (SSSR count). The van der Waals surface area contributed by atoms with Crippen molar-refractivity contribution in [3.8, 4) is 0 Å². The van der Waals surface area contributed by atoms with Crippen molar-refractivity contribution >= 4 is 34.7 Å². The van der Waals surface area contributed by atoms with Gasteiger partial charge in [0.05, 0.1) is 12.6 Å². The predicted octanol–water partition coefficient (Wildman–Crippen LogP) is 2.18. The number of rotatable bonds is 4. The molecular formula is C23H25N5O3. The maximum Gasteiger partial charge on any atom is 0.246 e. The smallest absolute Gasteiger partial charge is 0.246 e. The number of anilines is 1. The van der Waals surface area contributed by atoms with Crippen LogP contribution < -0.4 is 16.4 Å². The van der Waals surface area contributed by atoms with Gasteiger partial charge in [0.2, 0.25) is 11.8 Å². The van der Waals surface area contributed by atoms with Gasteiger partial charge in [-0.1, -0.05) is 18.2 Å². The third-order valence-corrected chi connectivity index (χ3v) is 5.36. The first-order chi connectivity index (χ1) is 14.9. The monoisotopic (exact) mass is 419 g/mol. The molecule has 0 radical (unpaired) electrons. The predicted molar refractivity (Wildman–Crippen MR) is 119 cm³/mol. The third kappa shape index (κ3) is 4.50. The molecule has 2 aromatic heterocycles. The lowest BCUT2D eigenvalue weighted by Crippen LogP contribution is -2.45. The van der Waals surface area contributed by atoms with Crippen LogP contribution in [0.25, 0.3) is 17.0 Å². The summed E-state index contributed by atoms with van der Waals surface area (Å²) in [4.78, 5) is 30.5. The zero-order chi connectivity index (χ0) is 22.0. The number of hydrogen-bond acceptors (Lipinski definition) is 6. The second-order valence-electron chi connectivity index (χ2n) is 7.68. The number of benzene rings is 1. The summed E-state index contributed by atoms with van der Waals surface area (Å²) < 4.78 is 5.90. The van der Waals surface area contributed by atoms with Crippen molar-refractivity contribution in [3.63, 3.8) is 0 Å². The Kier molecular flexibility index (Phi) is 5.83. The molecular weight excluding hydrogens is 394 g/mol. The molecule has 1 atom stereocenters. The second-order valence-corrected chi connectivity index (χ2v) is 7.68. The van der Waals surface area contributed by atoms with Crippen LogP contribution in [0.4, 0.5) is 5.82 Å².